The Labute approximate surface area is 259 Å². The average molecular weight is 571 g/mol. The van der Waals surface area contributed by atoms with Gasteiger partial charge in [0, 0.05) is 10.8 Å². The molecule has 0 unspecified atom stereocenters. The largest absolute Gasteiger partial charge is 0.456 e. The zero-order chi connectivity index (χ0) is 29.5. The lowest BCUT2D eigenvalue weighted by atomic mass is 9.88. The molecule has 208 valence electrons. The predicted molar refractivity (Wildman–Crippen MR) is 192 cm³/mol. The van der Waals surface area contributed by atoms with Crippen LogP contribution in [0.25, 0.3) is 98.1 Å². The number of rotatable bonds is 2. The first-order valence-electron chi connectivity index (χ1n) is 15.5. The van der Waals surface area contributed by atoms with E-state index < -0.39 is 0 Å². The van der Waals surface area contributed by atoms with E-state index >= 15 is 0 Å². The van der Waals surface area contributed by atoms with Crippen LogP contribution in [0.5, 0.6) is 0 Å². The van der Waals surface area contributed by atoms with Gasteiger partial charge in [0.2, 0.25) is 0 Å². The standard InChI is InChI=1S/C44H26O/c1-2-10-30-26-42-40(24-29(30)9-1)44-37(14-7-15-41(44)45-42)32-18-16-27-17-19-33(23-34(27)22-32)43-36-13-6-4-11-31(36)25-39-35-12-5-3-8-28(35)20-21-38(39)43/h1-26H. The van der Waals surface area contributed by atoms with Crippen LogP contribution >= 0.6 is 0 Å². The van der Waals surface area contributed by atoms with Gasteiger partial charge < -0.3 is 4.42 Å². The molecule has 0 N–H and O–H groups in total. The van der Waals surface area contributed by atoms with E-state index in [1.165, 1.54) is 81.5 Å². The zero-order valence-corrected chi connectivity index (χ0v) is 24.4. The van der Waals surface area contributed by atoms with Crippen molar-refractivity contribution in [3.63, 3.8) is 0 Å². The Morgan fingerprint density at radius 2 is 0.978 bits per heavy atom. The van der Waals surface area contributed by atoms with E-state index in [9.17, 15) is 0 Å². The summed E-state index contributed by atoms with van der Waals surface area (Å²) in [5.41, 5.74) is 6.74. The topological polar surface area (TPSA) is 13.1 Å². The molecule has 9 aromatic carbocycles. The van der Waals surface area contributed by atoms with Gasteiger partial charge in [-0.1, -0.05) is 121 Å². The number of hydrogen-bond acceptors (Lipinski definition) is 1. The zero-order valence-electron chi connectivity index (χ0n) is 24.4. The number of benzene rings is 9. The number of hydrogen-bond donors (Lipinski definition) is 0. The van der Waals surface area contributed by atoms with Crippen molar-refractivity contribution in [2.45, 2.75) is 0 Å². The van der Waals surface area contributed by atoms with E-state index in [1.54, 1.807) is 0 Å². The van der Waals surface area contributed by atoms with Crippen molar-refractivity contribution in [3.05, 3.63) is 158 Å². The highest BCUT2D eigenvalue weighted by Gasteiger charge is 2.16. The van der Waals surface area contributed by atoms with Crippen molar-refractivity contribution >= 4 is 75.8 Å². The molecule has 0 spiro atoms. The van der Waals surface area contributed by atoms with E-state index in [1.807, 2.05) is 0 Å². The lowest BCUT2D eigenvalue weighted by Crippen LogP contribution is -1.88. The van der Waals surface area contributed by atoms with Gasteiger partial charge in [-0.25, -0.2) is 0 Å². The normalized spacial score (nSPS) is 12.0. The molecule has 1 heteroatoms. The second kappa shape index (κ2) is 9.29. The van der Waals surface area contributed by atoms with E-state index in [2.05, 4.69) is 158 Å². The van der Waals surface area contributed by atoms with E-state index in [-0.39, 0.29) is 0 Å². The van der Waals surface area contributed by atoms with Gasteiger partial charge in [0.05, 0.1) is 0 Å². The third kappa shape index (κ3) is 3.68. The van der Waals surface area contributed by atoms with Gasteiger partial charge in [0.25, 0.3) is 0 Å². The Balaban J connectivity index is 1.21. The molecular weight excluding hydrogens is 544 g/mol. The summed E-state index contributed by atoms with van der Waals surface area (Å²) < 4.78 is 6.40. The van der Waals surface area contributed by atoms with Crippen LogP contribution in [0.2, 0.25) is 0 Å². The van der Waals surface area contributed by atoms with Gasteiger partial charge in [-0.15, -0.1) is 0 Å². The summed E-state index contributed by atoms with van der Waals surface area (Å²) in [6, 6.07) is 57.5. The molecule has 10 rings (SSSR count). The summed E-state index contributed by atoms with van der Waals surface area (Å²) in [5.74, 6) is 0. The number of fused-ring (bicyclic) bond motifs is 9. The minimum Gasteiger partial charge on any atom is -0.456 e. The fraction of sp³-hybridized carbons (Fsp3) is 0. The summed E-state index contributed by atoms with van der Waals surface area (Å²) in [7, 11) is 0. The second-order valence-corrected chi connectivity index (χ2v) is 12.1. The monoisotopic (exact) mass is 570 g/mol. The smallest absolute Gasteiger partial charge is 0.136 e. The molecule has 0 aliphatic rings. The van der Waals surface area contributed by atoms with Crippen LogP contribution in [0.1, 0.15) is 0 Å². The van der Waals surface area contributed by atoms with Crippen molar-refractivity contribution in [1.82, 2.24) is 0 Å². The highest BCUT2D eigenvalue weighted by Crippen LogP contribution is 2.42. The maximum atomic E-state index is 6.40. The fourth-order valence-electron chi connectivity index (χ4n) is 7.45. The quantitative estimate of drug-likeness (QED) is 0.149. The number of furan rings is 1. The van der Waals surface area contributed by atoms with E-state index in [0.717, 1.165) is 16.6 Å². The van der Waals surface area contributed by atoms with Gasteiger partial charge >= 0.3 is 0 Å². The van der Waals surface area contributed by atoms with Gasteiger partial charge in [-0.05, 0) is 113 Å². The summed E-state index contributed by atoms with van der Waals surface area (Å²) in [5, 5.41) is 14.9. The Kier molecular flexibility index (Phi) is 5.06. The molecule has 45 heavy (non-hydrogen) atoms. The Morgan fingerprint density at radius 1 is 0.311 bits per heavy atom. The molecule has 0 saturated carbocycles. The maximum absolute atomic E-state index is 6.40. The molecule has 0 aliphatic carbocycles. The molecule has 1 heterocycles. The highest BCUT2D eigenvalue weighted by atomic mass is 16.3. The van der Waals surface area contributed by atoms with Crippen molar-refractivity contribution in [1.29, 1.82) is 0 Å². The summed E-state index contributed by atoms with van der Waals surface area (Å²) >= 11 is 0. The molecule has 0 radical (unpaired) electrons. The molecule has 10 aromatic rings. The molecular formula is C44H26O. The predicted octanol–water partition coefficient (Wildman–Crippen LogP) is 12.7. The van der Waals surface area contributed by atoms with Gasteiger partial charge in [-0.3, -0.25) is 0 Å². The summed E-state index contributed by atoms with van der Waals surface area (Å²) in [6.45, 7) is 0. The van der Waals surface area contributed by atoms with Gasteiger partial charge in [0.15, 0.2) is 0 Å². The Hall–Kier alpha value is -5.92. The van der Waals surface area contributed by atoms with Crippen LogP contribution < -0.4 is 0 Å². The van der Waals surface area contributed by atoms with Crippen molar-refractivity contribution in [3.8, 4) is 22.3 Å². The molecule has 1 aromatic heterocycles. The van der Waals surface area contributed by atoms with E-state index in [4.69, 9.17) is 4.42 Å². The maximum Gasteiger partial charge on any atom is 0.136 e. The minimum atomic E-state index is 0.918. The third-order valence-electron chi connectivity index (χ3n) is 9.57. The molecule has 0 bridgehead atoms. The SMILES string of the molecule is c1ccc2cc3c(cc2c1)oc1cccc(-c2ccc4ccc(-c5c6ccccc6cc6c5ccc5ccccc56)cc4c2)c13. The highest BCUT2D eigenvalue weighted by molar-refractivity contribution is 6.21. The van der Waals surface area contributed by atoms with Crippen LogP contribution in [-0.4, -0.2) is 0 Å². The molecule has 0 amide bonds. The van der Waals surface area contributed by atoms with Gasteiger partial charge in [0.1, 0.15) is 11.2 Å². The first-order valence-corrected chi connectivity index (χ1v) is 15.5. The van der Waals surface area contributed by atoms with E-state index in [0.29, 0.717) is 0 Å². The summed E-state index contributed by atoms with van der Waals surface area (Å²) in [6.07, 6.45) is 0. The van der Waals surface area contributed by atoms with Gasteiger partial charge in [-0.2, -0.15) is 0 Å². The molecule has 0 aliphatic heterocycles. The van der Waals surface area contributed by atoms with Crippen LogP contribution in [0.4, 0.5) is 0 Å². The van der Waals surface area contributed by atoms with Crippen LogP contribution in [-0.2, 0) is 0 Å². The first-order chi connectivity index (χ1) is 22.3. The Morgan fingerprint density at radius 3 is 1.84 bits per heavy atom. The lowest BCUT2D eigenvalue weighted by Gasteiger charge is -2.15. The second-order valence-electron chi connectivity index (χ2n) is 12.1. The Bertz CT molecular complexity index is 2820. The minimum absolute atomic E-state index is 0.918. The lowest BCUT2D eigenvalue weighted by molar-refractivity contribution is 0.669. The average Bonchev–Trinajstić information content (AvgIpc) is 3.46. The van der Waals surface area contributed by atoms with Crippen molar-refractivity contribution in [2.75, 3.05) is 0 Å². The van der Waals surface area contributed by atoms with Crippen LogP contribution in [0, 0.1) is 0 Å². The fourth-order valence-corrected chi connectivity index (χ4v) is 7.45. The van der Waals surface area contributed by atoms with Crippen molar-refractivity contribution < 1.29 is 4.42 Å². The third-order valence-corrected chi connectivity index (χ3v) is 9.57. The van der Waals surface area contributed by atoms with Crippen LogP contribution in [0.15, 0.2) is 162 Å². The van der Waals surface area contributed by atoms with Crippen molar-refractivity contribution in [2.24, 2.45) is 0 Å². The summed E-state index contributed by atoms with van der Waals surface area (Å²) in [4.78, 5) is 0. The molecule has 1 nitrogen and oxygen atoms in total. The molecule has 0 atom stereocenters. The molecule has 0 saturated heterocycles. The van der Waals surface area contributed by atoms with Crippen LogP contribution in [0.3, 0.4) is 0 Å². The molecule has 0 fully saturated rings. The first kappa shape index (κ1) is 24.5.